The zero-order chi connectivity index (χ0) is 18.3. The highest BCUT2D eigenvalue weighted by atomic mass is 16.5. The average molecular weight is 357 g/mol. The topological polar surface area (TPSA) is 51.2 Å². The van der Waals surface area contributed by atoms with Crippen molar-refractivity contribution >= 4 is 5.91 Å². The fourth-order valence-corrected chi connectivity index (χ4v) is 3.65. The Labute approximate surface area is 152 Å². The molecule has 2 rings (SSSR count). The molecule has 0 aromatic carbocycles. The molecule has 2 aliphatic rings. The molecule has 2 fully saturated rings. The van der Waals surface area contributed by atoms with Crippen LogP contribution < -0.4 is 0 Å². The molecule has 0 saturated carbocycles. The SMILES string of the molecule is COC1CCN(CCOCC(C)(C)OC2CCN(C(C)=O)CC2)CC1. The molecule has 1 amide bonds. The van der Waals surface area contributed by atoms with E-state index in [1.165, 1.54) is 0 Å². The number of piperidine rings is 2. The lowest BCUT2D eigenvalue weighted by atomic mass is 10.1. The summed E-state index contributed by atoms with van der Waals surface area (Å²) in [5.41, 5.74) is -0.286. The minimum atomic E-state index is -0.286. The standard InChI is InChI=1S/C19H36N2O4/c1-16(22)21-11-7-18(8-12-21)25-19(2,3)15-24-14-13-20-9-5-17(23-4)6-10-20/h17-18H,5-15H2,1-4H3. The first-order chi connectivity index (χ1) is 11.9. The maximum Gasteiger partial charge on any atom is 0.219 e. The summed E-state index contributed by atoms with van der Waals surface area (Å²) < 4.78 is 17.5. The Morgan fingerprint density at radius 3 is 2.20 bits per heavy atom. The van der Waals surface area contributed by atoms with Crippen molar-refractivity contribution in [3.63, 3.8) is 0 Å². The number of amides is 1. The summed E-state index contributed by atoms with van der Waals surface area (Å²) in [6.45, 7) is 11.9. The van der Waals surface area contributed by atoms with Gasteiger partial charge in [-0.3, -0.25) is 4.79 Å². The predicted octanol–water partition coefficient (Wildman–Crippen LogP) is 1.92. The van der Waals surface area contributed by atoms with Gasteiger partial charge in [0.2, 0.25) is 5.91 Å². The van der Waals surface area contributed by atoms with Gasteiger partial charge >= 0.3 is 0 Å². The van der Waals surface area contributed by atoms with E-state index in [0.29, 0.717) is 12.7 Å². The maximum atomic E-state index is 11.4. The molecule has 0 aromatic rings. The van der Waals surface area contributed by atoms with Gasteiger partial charge in [-0.2, -0.15) is 0 Å². The van der Waals surface area contributed by atoms with Crippen molar-refractivity contribution in [2.75, 3.05) is 53.0 Å². The Hall–Kier alpha value is -0.690. The van der Waals surface area contributed by atoms with Crippen LogP contribution in [0, 0.1) is 0 Å². The fraction of sp³-hybridized carbons (Fsp3) is 0.947. The van der Waals surface area contributed by atoms with Crippen molar-refractivity contribution in [1.82, 2.24) is 9.80 Å². The van der Waals surface area contributed by atoms with Crippen LogP contribution in [0.2, 0.25) is 0 Å². The van der Waals surface area contributed by atoms with Crippen LogP contribution in [0.4, 0.5) is 0 Å². The van der Waals surface area contributed by atoms with E-state index < -0.39 is 0 Å². The largest absolute Gasteiger partial charge is 0.381 e. The average Bonchev–Trinajstić information content (AvgIpc) is 2.59. The summed E-state index contributed by atoms with van der Waals surface area (Å²) in [6, 6.07) is 0. The molecule has 0 atom stereocenters. The summed E-state index contributed by atoms with van der Waals surface area (Å²) in [7, 11) is 1.80. The van der Waals surface area contributed by atoms with Crippen LogP contribution in [-0.2, 0) is 19.0 Å². The molecule has 0 bridgehead atoms. The van der Waals surface area contributed by atoms with Gasteiger partial charge in [-0.25, -0.2) is 0 Å². The number of nitrogens with zero attached hydrogens (tertiary/aromatic N) is 2. The highest BCUT2D eigenvalue weighted by Gasteiger charge is 2.28. The lowest BCUT2D eigenvalue weighted by Crippen LogP contribution is -2.44. The van der Waals surface area contributed by atoms with Crippen LogP contribution in [0.15, 0.2) is 0 Å². The van der Waals surface area contributed by atoms with Gasteiger partial charge in [0, 0.05) is 46.8 Å². The van der Waals surface area contributed by atoms with Crippen LogP contribution in [0.25, 0.3) is 0 Å². The molecule has 25 heavy (non-hydrogen) atoms. The molecule has 0 N–H and O–H groups in total. The molecule has 2 saturated heterocycles. The van der Waals surface area contributed by atoms with E-state index in [9.17, 15) is 4.79 Å². The number of rotatable bonds is 8. The third-order valence-corrected chi connectivity index (χ3v) is 5.24. The van der Waals surface area contributed by atoms with Gasteiger partial charge in [-0.15, -0.1) is 0 Å². The molecule has 146 valence electrons. The number of carbonyl (C=O) groups excluding carboxylic acids is 1. The molecular weight excluding hydrogens is 320 g/mol. The van der Waals surface area contributed by atoms with Crippen LogP contribution in [0.5, 0.6) is 0 Å². The van der Waals surface area contributed by atoms with Crippen molar-refractivity contribution in [3.05, 3.63) is 0 Å². The van der Waals surface area contributed by atoms with Crippen LogP contribution in [0.3, 0.4) is 0 Å². The summed E-state index contributed by atoms with van der Waals surface area (Å²) in [6.07, 6.45) is 4.71. The second kappa shape index (κ2) is 9.86. The Kier molecular flexibility index (Phi) is 8.13. The fourth-order valence-electron chi connectivity index (χ4n) is 3.65. The molecule has 0 unspecified atom stereocenters. The summed E-state index contributed by atoms with van der Waals surface area (Å²) in [5.74, 6) is 0.163. The Morgan fingerprint density at radius 1 is 1.04 bits per heavy atom. The van der Waals surface area contributed by atoms with Crippen LogP contribution >= 0.6 is 0 Å². The third-order valence-electron chi connectivity index (χ3n) is 5.24. The lowest BCUT2D eigenvalue weighted by Gasteiger charge is -2.36. The van der Waals surface area contributed by atoms with Gasteiger partial charge in [0.05, 0.1) is 31.0 Å². The second-order valence-electron chi connectivity index (χ2n) is 7.91. The normalized spacial score (nSPS) is 21.7. The molecule has 2 aliphatic heterocycles. The van der Waals surface area contributed by atoms with Gasteiger partial charge in [0.25, 0.3) is 0 Å². The van der Waals surface area contributed by atoms with Crippen molar-refractivity contribution in [2.24, 2.45) is 0 Å². The number of ether oxygens (including phenoxy) is 3. The molecule has 6 nitrogen and oxygen atoms in total. The molecule has 0 spiro atoms. The zero-order valence-corrected chi connectivity index (χ0v) is 16.5. The molecule has 6 heteroatoms. The highest BCUT2D eigenvalue weighted by Crippen LogP contribution is 2.21. The number of likely N-dealkylation sites (tertiary alicyclic amines) is 2. The van der Waals surface area contributed by atoms with Gasteiger partial charge < -0.3 is 24.0 Å². The molecule has 0 aliphatic carbocycles. The van der Waals surface area contributed by atoms with Gasteiger partial charge in [0.1, 0.15) is 0 Å². The van der Waals surface area contributed by atoms with Crippen molar-refractivity contribution < 1.29 is 19.0 Å². The van der Waals surface area contributed by atoms with Gasteiger partial charge in [-0.05, 0) is 39.5 Å². The first-order valence-electron chi connectivity index (χ1n) is 9.66. The predicted molar refractivity (Wildman–Crippen MR) is 97.7 cm³/mol. The van der Waals surface area contributed by atoms with Crippen molar-refractivity contribution in [1.29, 1.82) is 0 Å². The molecule has 0 aromatic heterocycles. The number of hydrogen-bond donors (Lipinski definition) is 0. The first-order valence-corrected chi connectivity index (χ1v) is 9.66. The number of hydrogen-bond acceptors (Lipinski definition) is 5. The number of carbonyl (C=O) groups is 1. The quantitative estimate of drug-likeness (QED) is 0.622. The molecular formula is C19H36N2O4. The smallest absolute Gasteiger partial charge is 0.219 e. The first kappa shape index (κ1) is 20.6. The van der Waals surface area contributed by atoms with Gasteiger partial charge in [-0.1, -0.05) is 0 Å². The van der Waals surface area contributed by atoms with Crippen LogP contribution in [0.1, 0.15) is 46.5 Å². The minimum Gasteiger partial charge on any atom is -0.381 e. The third kappa shape index (κ3) is 7.21. The van der Waals surface area contributed by atoms with Gasteiger partial charge in [0.15, 0.2) is 0 Å². The van der Waals surface area contributed by atoms with Crippen molar-refractivity contribution in [3.8, 4) is 0 Å². The molecule has 2 heterocycles. The maximum absolute atomic E-state index is 11.4. The lowest BCUT2D eigenvalue weighted by molar-refractivity contribution is -0.141. The van der Waals surface area contributed by atoms with Crippen LogP contribution in [-0.4, -0.2) is 86.6 Å². The van der Waals surface area contributed by atoms with Crippen molar-refractivity contribution in [2.45, 2.75) is 64.3 Å². The zero-order valence-electron chi connectivity index (χ0n) is 16.5. The Morgan fingerprint density at radius 2 is 1.64 bits per heavy atom. The van der Waals surface area contributed by atoms with E-state index in [1.54, 1.807) is 14.0 Å². The minimum absolute atomic E-state index is 0.163. The molecule has 0 radical (unpaired) electrons. The highest BCUT2D eigenvalue weighted by molar-refractivity contribution is 5.73. The van der Waals surface area contributed by atoms with E-state index in [4.69, 9.17) is 14.2 Å². The van der Waals surface area contributed by atoms with E-state index in [0.717, 1.165) is 65.0 Å². The summed E-state index contributed by atoms with van der Waals surface area (Å²) >= 11 is 0. The van der Waals surface area contributed by atoms with E-state index in [2.05, 4.69) is 18.7 Å². The Bertz CT molecular complexity index is 400. The second-order valence-corrected chi connectivity index (χ2v) is 7.91. The summed E-state index contributed by atoms with van der Waals surface area (Å²) in [5, 5.41) is 0. The van der Waals surface area contributed by atoms with E-state index in [-0.39, 0.29) is 17.6 Å². The Balaban J connectivity index is 1.58. The van der Waals surface area contributed by atoms with E-state index >= 15 is 0 Å². The van der Waals surface area contributed by atoms with E-state index in [1.807, 2.05) is 4.90 Å². The monoisotopic (exact) mass is 356 g/mol. The number of methoxy groups -OCH3 is 1. The summed E-state index contributed by atoms with van der Waals surface area (Å²) in [4.78, 5) is 15.7.